The van der Waals surface area contributed by atoms with Crippen molar-refractivity contribution in [3.05, 3.63) is 81.6 Å². The number of H-pyrrole nitrogens is 1. The summed E-state index contributed by atoms with van der Waals surface area (Å²) in [5.74, 6) is -0.227. The number of aromatic nitrogens is 1. The van der Waals surface area contributed by atoms with E-state index in [1.165, 1.54) is 5.56 Å². The summed E-state index contributed by atoms with van der Waals surface area (Å²) in [6.07, 6.45) is 0.836. The number of pyridine rings is 1. The molecule has 0 unspecified atom stereocenters. The molecule has 0 aliphatic carbocycles. The lowest BCUT2D eigenvalue weighted by molar-refractivity contribution is 0.0741. The molecule has 128 valence electrons. The van der Waals surface area contributed by atoms with Crippen LogP contribution in [-0.4, -0.2) is 22.3 Å². The minimum absolute atomic E-state index is 0.194. The highest BCUT2D eigenvalue weighted by atomic mass is 16.2. The molecule has 1 amide bonds. The maximum Gasteiger partial charge on any atom is 0.261 e. The zero-order chi connectivity index (χ0) is 17.8. The quantitative estimate of drug-likeness (QED) is 0.769. The SMILES string of the molecule is CCCN(Cc1ccc(C)cc1)C(=O)c1cc2ccccc2[nH]c1=O. The zero-order valence-corrected chi connectivity index (χ0v) is 14.6. The third-order valence-corrected chi connectivity index (χ3v) is 4.26. The van der Waals surface area contributed by atoms with Crippen molar-refractivity contribution >= 4 is 16.8 Å². The summed E-state index contributed by atoms with van der Waals surface area (Å²) in [6, 6.07) is 17.3. The van der Waals surface area contributed by atoms with Crippen LogP contribution < -0.4 is 5.56 Å². The molecule has 0 aliphatic heterocycles. The number of benzene rings is 2. The van der Waals surface area contributed by atoms with E-state index < -0.39 is 0 Å². The smallest absolute Gasteiger partial charge is 0.261 e. The van der Waals surface area contributed by atoms with Crippen molar-refractivity contribution in [1.29, 1.82) is 0 Å². The summed E-state index contributed by atoms with van der Waals surface area (Å²) in [5, 5.41) is 0.859. The Bertz CT molecular complexity index is 942. The van der Waals surface area contributed by atoms with Gasteiger partial charge in [-0.05, 0) is 36.4 Å². The van der Waals surface area contributed by atoms with E-state index in [0.717, 1.165) is 22.9 Å². The Morgan fingerprint density at radius 3 is 2.52 bits per heavy atom. The third kappa shape index (κ3) is 3.79. The number of carbonyl (C=O) groups excluding carboxylic acids is 1. The molecule has 3 aromatic rings. The van der Waals surface area contributed by atoms with E-state index in [0.29, 0.717) is 13.1 Å². The number of nitrogens with one attached hydrogen (secondary N) is 1. The zero-order valence-electron chi connectivity index (χ0n) is 14.6. The highest BCUT2D eigenvalue weighted by Gasteiger charge is 2.19. The van der Waals surface area contributed by atoms with Crippen molar-refractivity contribution in [2.45, 2.75) is 26.8 Å². The van der Waals surface area contributed by atoms with Crippen LogP contribution in [0.2, 0.25) is 0 Å². The van der Waals surface area contributed by atoms with Gasteiger partial charge in [-0.1, -0.05) is 55.0 Å². The molecule has 0 atom stereocenters. The van der Waals surface area contributed by atoms with Crippen molar-refractivity contribution < 1.29 is 4.79 Å². The second kappa shape index (κ2) is 7.34. The molecule has 1 aromatic heterocycles. The van der Waals surface area contributed by atoms with E-state index in [1.54, 1.807) is 11.0 Å². The van der Waals surface area contributed by atoms with Crippen LogP contribution in [0.25, 0.3) is 10.9 Å². The number of nitrogens with zero attached hydrogens (tertiary/aromatic N) is 1. The molecule has 4 heteroatoms. The fourth-order valence-corrected chi connectivity index (χ4v) is 2.91. The van der Waals surface area contributed by atoms with Crippen LogP contribution in [-0.2, 0) is 6.54 Å². The second-order valence-corrected chi connectivity index (χ2v) is 6.31. The van der Waals surface area contributed by atoms with E-state index >= 15 is 0 Å². The Hall–Kier alpha value is -2.88. The Morgan fingerprint density at radius 1 is 1.08 bits per heavy atom. The van der Waals surface area contributed by atoms with Gasteiger partial charge in [0, 0.05) is 18.6 Å². The molecule has 25 heavy (non-hydrogen) atoms. The van der Waals surface area contributed by atoms with E-state index in [9.17, 15) is 9.59 Å². The molecule has 0 aliphatic rings. The number of aromatic amines is 1. The van der Waals surface area contributed by atoms with Gasteiger partial charge in [0.1, 0.15) is 5.56 Å². The van der Waals surface area contributed by atoms with E-state index in [2.05, 4.69) is 4.98 Å². The molecule has 0 saturated carbocycles. The molecule has 4 nitrogen and oxygen atoms in total. The van der Waals surface area contributed by atoms with Gasteiger partial charge in [0.25, 0.3) is 11.5 Å². The van der Waals surface area contributed by atoms with Gasteiger partial charge in [0.05, 0.1) is 0 Å². The lowest BCUT2D eigenvalue weighted by Crippen LogP contribution is -2.35. The van der Waals surface area contributed by atoms with Gasteiger partial charge in [-0.15, -0.1) is 0 Å². The van der Waals surface area contributed by atoms with Crippen LogP contribution in [0.4, 0.5) is 0 Å². The molecule has 0 radical (unpaired) electrons. The molecular formula is C21H22N2O2. The Morgan fingerprint density at radius 2 is 1.80 bits per heavy atom. The van der Waals surface area contributed by atoms with Crippen molar-refractivity contribution in [2.24, 2.45) is 0 Å². The van der Waals surface area contributed by atoms with Crippen LogP contribution in [0, 0.1) is 6.92 Å². The number of hydrogen-bond donors (Lipinski definition) is 1. The van der Waals surface area contributed by atoms with Crippen molar-refractivity contribution in [3.8, 4) is 0 Å². The van der Waals surface area contributed by atoms with Crippen LogP contribution in [0.15, 0.2) is 59.4 Å². The first-order valence-corrected chi connectivity index (χ1v) is 8.55. The number of aryl methyl sites for hydroxylation is 1. The standard InChI is InChI=1S/C21H22N2O2/c1-3-12-23(14-16-10-8-15(2)9-11-16)21(25)18-13-17-6-4-5-7-19(17)22-20(18)24/h4-11,13H,3,12,14H2,1-2H3,(H,22,24). The van der Waals surface area contributed by atoms with Crippen molar-refractivity contribution in [2.75, 3.05) is 6.54 Å². The molecule has 0 bridgehead atoms. The number of rotatable bonds is 5. The minimum atomic E-state index is -0.339. The molecular weight excluding hydrogens is 312 g/mol. The van der Waals surface area contributed by atoms with Gasteiger partial charge in [-0.2, -0.15) is 0 Å². The van der Waals surface area contributed by atoms with E-state index in [1.807, 2.05) is 62.4 Å². The Kier molecular flexibility index (Phi) is 4.98. The van der Waals surface area contributed by atoms with Crippen LogP contribution in [0.3, 0.4) is 0 Å². The van der Waals surface area contributed by atoms with E-state index in [4.69, 9.17) is 0 Å². The van der Waals surface area contributed by atoms with Gasteiger partial charge in [0.2, 0.25) is 0 Å². The molecule has 0 fully saturated rings. The monoisotopic (exact) mass is 334 g/mol. The van der Waals surface area contributed by atoms with Crippen LogP contribution in [0.1, 0.15) is 34.8 Å². The highest BCUT2D eigenvalue weighted by molar-refractivity contribution is 5.97. The number of hydrogen-bond acceptors (Lipinski definition) is 2. The number of carbonyl (C=O) groups is 1. The second-order valence-electron chi connectivity index (χ2n) is 6.31. The number of amides is 1. The van der Waals surface area contributed by atoms with Crippen LogP contribution in [0.5, 0.6) is 0 Å². The predicted octanol–water partition coefficient (Wildman–Crippen LogP) is 3.89. The summed E-state index contributed by atoms with van der Waals surface area (Å²) in [5.41, 5.74) is 2.84. The fourth-order valence-electron chi connectivity index (χ4n) is 2.91. The first kappa shape index (κ1) is 17.0. The Labute approximate surface area is 147 Å². The average molecular weight is 334 g/mol. The molecule has 2 aromatic carbocycles. The van der Waals surface area contributed by atoms with Gasteiger partial charge in [-0.3, -0.25) is 9.59 Å². The molecule has 1 heterocycles. The topological polar surface area (TPSA) is 53.2 Å². The third-order valence-electron chi connectivity index (χ3n) is 4.26. The fraction of sp³-hybridized carbons (Fsp3) is 0.238. The van der Waals surface area contributed by atoms with Gasteiger partial charge >= 0.3 is 0 Å². The summed E-state index contributed by atoms with van der Waals surface area (Å²) in [4.78, 5) is 29.9. The maximum atomic E-state index is 13.0. The first-order chi connectivity index (χ1) is 12.1. The highest BCUT2D eigenvalue weighted by Crippen LogP contribution is 2.14. The van der Waals surface area contributed by atoms with E-state index in [-0.39, 0.29) is 17.0 Å². The summed E-state index contributed by atoms with van der Waals surface area (Å²) < 4.78 is 0. The molecule has 0 spiro atoms. The lowest BCUT2D eigenvalue weighted by atomic mass is 10.1. The maximum absolute atomic E-state index is 13.0. The predicted molar refractivity (Wildman–Crippen MR) is 101 cm³/mol. The molecule has 0 saturated heterocycles. The lowest BCUT2D eigenvalue weighted by Gasteiger charge is -2.22. The average Bonchev–Trinajstić information content (AvgIpc) is 2.62. The first-order valence-electron chi connectivity index (χ1n) is 8.55. The summed E-state index contributed by atoms with van der Waals surface area (Å²) >= 11 is 0. The van der Waals surface area contributed by atoms with Gasteiger partial charge in [0.15, 0.2) is 0 Å². The Balaban J connectivity index is 1.93. The van der Waals surface area contributed by atoms with Crippen molar-refractivity contribution in [3.63, 3.8) is 0 Å². The van der Waals surface area contributed by atoms with Gasteiger partial charge < -0.3 is 9.88 Å². The summed E-state index contributed by atoms with van der Waals surface area (Å²) in [7, 11) is 0. The van der Waals surface area contributed by atoms with Crippen molar-refractivity contribution in [1.82, 2.24) is 9.88 Å². The molecule has 3 rings (SSSR count). The molecule has 1 N–H and O–H groups in total. The number of para-hydroxylation sites is 1. The van der Waals surface area contributed by atoms with Gasteiger partial charge in [-0.25, -0.2) is 0 Å². The normalized spacial score (nSPS) is 10.8. The minimum Gasteiger partial charge on any atom is -0.334 e. The van der Waals surface area contributed by atoms with Crippen LogP contribution >= 0.6 is 0 Å². The summed E-state index contributed by atoms with van der Waals surface area (Å²) in [6.45, 7) is 5.17. The number of fused-ring (bicyclic) bond motifs is 1. The largest absolute Gasteiger partial charge is 0.334 e.